The summed E-state index contributed by atoms with van der Waals surface area (Å²) in [5.74, 6) is 0.784. The summed E-state index contributed by atoms with van der Waals surface area (Å²) >= 11 is 3.35. The standard InChI is InChI=1S/C20H18BrFN4O/c21-14-7-5-13(6-8-14)20(27)23-15-9-10-17(22)16(12-15)19-25-24-18-4-2-1-3-11-26(18)19/h5-10,12H,1-4,11H2,(H,23,27). The first-order valence-corrected chi connectivity index (χ1v) is 9.70. The van der Waals surface area contributed by atoms with Crippen LogP contribution in [0.15, 0.2) is 46.9 Å². The van der Waals surface area contributed by atoms with Gasteiger partial charge in [0.25, 0.3) is 5.91 Å². The molecule has 27 heavy (non-hydrogen) atoms. The number of aromatic nitrogens is 3. The molecule has 0 bridgehead atoms. The third-order valence-electron chi connectivity index (χ3n) is 4.68. The summed E-state index contributed by atoms with van der Waals surface area (Å²) < 4.78 is 17.4. The van der Waals surface area contributed by atoms with Crippen LogP contribution in [0.25, 0.3) is 11.4 Å². The number of hydrogen-bond acceptors (Lipinski definition) is 3. The molecule has 0 aliphatic carbocycles. The number of aryl methyl sites for hydroxylation is 1. The van der Waals surface area contributed by atoms with E-state index in [-0.39, 0.29) is 11.7 Å². The Kier molecular flexibility index (Phi) is 5.03. The average Bonchev–Trinajstić information content (AvgIpc) is 2.91. The summed E-state index contributed by atoms with van der Waals surface area (Å²) in [7, 11) is 0. The molecule has 4 rings (SSSR count). The lowest BCUT2D eigenvalue weighted by Gasteiger charge is -2.10. The second-order valence-corrected chi connectivity index (χ2v) is 7.47. The minimum absolute atomic E-state index is 0.250. The number of anilines is 1. The number of nitrogens with zero attached hydrogens (tertiary/aromatic N) is 3. The monoisotopic (exact) mass is 428 g/mol. The zero-order valence-electron chi connectivity index (χ0n) is 14.6. The van der Waals surface area contributed by atoms with Crippen LogP contribution < -0.4 is 5.32 Å². The number of hydrogen-bond donors (Lipinski definition) is 1. The van der Waals surface area contributed by atoms with Crippen LogP contribution in [-0.4, -0.2) is 20.7 Å². The third kappa shape index (κ3) is 3.78. The Labute approximate surface area is 164 Å². The maximum atomic E-state index is 14.5. The number of rotatable bonds is 3. The van der Waals surface area contributed by atoms with E-state index in [0.717, 1.165) is 42.5 Å². The third-order valence-corrected chi connectivity index (χ3v) is 5.21. The molecule has 1 N–H and O–H groups in total. The van der Waals surface area contributed by atoms with E-state index >= 15 is 0 Å². The van der Waals surface area contributed by atoms with E-state index in [2.05, 4.69) is 31.4 Å². The van der Waals surface area contributed by atoms with Crippen LogP contribution >= 0.6 is 15.9 Å². The van der Waals surface area contributed by atoms with Crippen LogP contribution in [0.4, 0.5) is 10.1 Å². The van der Waals surface area contributed by atoms with Crippen LogP contribution in [0, 0.1) is 5.82 Å². The molecule has 0 saturated carbocycles. The lowest BCUT2D eigenvalue weighted by atomic mass is 10.1. The molecular formula is C20H18BrFN4O. The lowest BCUT2D eigenvalue weighted by Crippen LogP contribution is -2.12. The van der Waals surface area contributed by atoms with E-state index < -0.39 is 0 Å². The Bertz CT molecular complexity index is 984. The first-order valence-electron chi connectivity index (χ1n) is 8.91. The normalized spacial score (nSPS) is 13.7. The van der Waals surface area contributed by atoms with Crippen LogP contribution in [0.3, 0.4) is 0 Å². The van der Waals surface area contributed by atoms with E-state index in [1.807, 2.05) is 4.57 Å². The topological polar surface area (TPSA) is 59.8 Å². The van der Waals surface area contributed by atoms with E-state index in [9.17, 15) is 9.18 Å². The highest BCUT2D eigenvalue weighted by atomic mass is 79.9. The number of fused-ring (bicyclic) bond motifs is 1. The van der Waals surface area contributed by atoms with Gasteiger partial charge >= 0.3 is 0 Å². The molecule has 138 valence electrons. The molecule has 1 aliphatic heterocycles. The second kappa shape index (κ2) is 7.60. The fourth-order valence-corrected chi connectivity index (χ4v) is 3.53. The van der Waals surface area contributed by atoms with Crippen LogP contribution in [0.5, 0.6) is 0 Å². The van der Waals surface area contributed by atoms with Crippen molar-refractivity contribution >= 4 is 27.5 Å². The molecule has 1 aliphatic rings. The lowest BCUT2D eigenvalue weighted by molar-refractivity contribution is 0.102. The van der Waals surface area contributed by atoms with E-state index in [4.69, 9.17) is 0 Å². The van der Waals surface area contributed by atoms with Gasteiger partial charge in [-0.25, -0.2) is 4.39 Å². The zero-order chi connectivity index (χ0) is 18.8. The van der Waals surface area contributed by atoms with Gasteiger partial charge in [0.05, 0.1) is 5.56 Å². The molecule has 0 fully saturated rings. The Morgan fingerprint density at radius 1 is 1.07 bits per heavy atom. The van der Waals surface area contributed by atoms with Gasteiger partial charge in [-0.15, -0.1) is 10.2 Å². The van der Waals surface area contributed by atoms with Crippen molar-refractivity contribution in [3.8, 4) is 11.4 Å². The molecule has 0 atom stereocenters. The fourth-order valence-electron chi connectivity index (χ4n) is 3.26. The molecule has 0 spiro atoms. The number of benzene rings is 2. The van der Waals surface area contributed by atoms with Crippen molar-refractivity contribution in [1.29, 1.82) is 0 Å². The van der Waals surface area contributed by atoms with Crippen LogP contribution in [0.2, 0.25) is 0 Å². The number of carbonyl (C=O) groups excluding carboxylic acids is 1. The Hall–Kier alpha value is -2.54. The van der Waals surface area contributed by atoms with E-state index in [1.54, 1.807) is 36.4 Å². The van der Waals surface area contributed by atoms with Crippen molar-refractivity contribution in [2.45, 2.75) is 32.2 Å². The number of nitrogens with one attached hydrogen (secondary N) is 1. The SMILES string of the molecule is O=C(Nc1ccc(F)c(-c2nnc3n2CCCCC3)c1)c1ccc(Br)cc1. The van der Waals surface area contributed by atoms with Gasteiger partial charge in [-0.05, 0) is 55.3 Å². The smallest absolute Gasteiger partial charge is 0.255 e. The maximum Gasteiger partial charge on any atom is 0.255 e. The minimum atomic E-state index is -0.379. The molecule has 7 heteroatoms. The zero-order valence-corrected chi connectivity index (χ0v) is 16.2. The number of amides is 1. The van der Waals surface area contributed by atoms with Gasteiger partial charge in [-0.1, -0.05) is 22.4 Å². The van der Waals surface area contributed by atoms with Crippen LogP contribution in [-0.2, 0) is 13.0 Å². The highest BCUT2D eigenvalue weighted by Crippen LogP contribution is 2.27. The number of halogens is 2. The summed E-state index contributed by atoms with van der Waals surface area (Å²) in [6.07, 6.45) is 4.09. The van der Waals surface area contributed by atoms with E-state index in [1.165, 1.54) is 6.07 Å². The molecule has 1 aromatic heterocycles. The predicted molar refractivity (Wildman–Crippen MR) is 105 cm³/mol. The molecule has 3 aromatic rings. The van der Waals surface area contributed by atoms with E-state index in [0.29, 0.717) is 22.6 Å². The Morgan fingerprint density at radius 2 is 1.89 bits per heavy atom. The van der Waals surface area contributed by atoms with Crippen molar-refractivity contribution < 1.29 is 9.18 Å². The number of carbonyl (C=O) groups is 1. The second-order valence-electron chi connectivity index (χ2n) is 6.56. The van der Waals surface area contributed by atoms with Crippen molar-refractivity contribution in [3.63, 3.8) is 0 Å². The highest BCUT2D eigenvalue weighted by Gasteiger charge is 2.19. The largest absolute Gasteiger partial charge is 0.322 e. The molecule has 1 amide bonds. The highest BCUT2D eigenvalue weighted by molar-refractivity contribution is 9.10. The molecular weight excluding hydrogens is 411 g/mol. The minimum Gasteiger partial charge on any atom is -0.322 e. The van der Waals surface area contributed by atoms with Crippen molar-refractivity contribution in [2.75, 3.05) is 5.32 Å². The van der Waals surface area contributed by atoms with Gasteiger partial charge in [0.1, 0.15) is 11.6 Å². The van der Waals surface area contributed by atoms with Gasteiger partial charge in [0, 0.05) is 28.7 Å². The molecule has 0 radical (unpaired) electrons. The van der Waals surface area contributed by atoms with Gasteiger partial charge in [0.15, 0.2) is 5.82 Å². The summed E-state index contributed by atoms with van der Waals surface area (Å²) in [6, 6.07) is 11.6. The average molecular weight is 429 g/mol. The predicted octanol–water partition coefficient (Wildman–Crippen LogP) is 4.83. The quantitative estimate of drug-likeness (QED) is 0.649. The summed E-state index contributed by atoms with van der Waals surface area (Å²) in [6.45, 7) is 0.784. The molecule has 0 unspecified atom stereocenters. The first kappa shape index (κ1) is 17.9. The molecule has 0 saturated heterocycles. The fraction of sp³-hybridized carbons (Fsp3) is 0.250. The summed E-state index contributed by atoms with van der Waals surface area (Å²) in [5, 5.41) is 11.3. The summed E-state index contributed by atoms with van der Waals surface area (Å²) in [5.41, 5.74) is 1.40. The Balaban J connectivity index is 1.63. The maximum absolute atomic E-state index is 14.5. The van der Waals surface area contributed by atoms with Gasteiger partial charge in [-0.3, -0.25) is 4.79 Å². The van der Waals surface area contributed by atoms with Gasteiger partial charge in [0.2, 0.25) is 0 Å². The Morgan fingerprint density at radius 3 is 2.70 bits per heavy atom. The molecule has 2 heterocycles. The molecule has 2 aromatic carbocycles. The van der Waals surface area contributed by atoms with Gasteiger partial charge < -0.3 is 9.88 Å². The van der Waals surface area contributed by atoms with Crippen molar-refractivity contribution in [1.82, 2.24) is 14.8 Å². The first-order chi connectivity index (χ1) is 13.1. The van der Waals surface area contributed by atoms with Crippen LogP contribution in [0.1, 0.15) is 35.4 Å². The van der Waals surface area contributed by atoms with Gasteiger partial charge in [-0.2, -0.15) is 0 Å². The molecule has 5 nitrogen and oxygen atoms in total. The van der Waals surface area contributed by atoms with Crippen molar-refractivity contribution in [3.05, 3.63) is 64.1 Å². The van der Waals surface area contributed by atoms with Crippen molar-refractivity contribution in [2.24, 2.45) is 0 Å². The summed E-state index contributed by atoms with van der Waals surface area (Å²) in [4.78, 5) is 12.4.